The van der Waals surface area contributed by atoms with Gasteiger partial charge in [0.1, 0.15) is 5.75 Å². The van der Waals surface area contributed by atoms with E-state index in [1.807, 2.05) is 6.07 Å². The Kier molecular flexibility index (Phi) is 3.58. The van der Waals surface area contributed by atoms with Crippen LogP contribution in [0, 0.1) is 6.92 Å². The van der Waals surface area contributed by atoms with E-state index < -0.39 is 0 Å². The highest BCUT2D eigenvalue weighted by molar-refractivity contribution is 6.31. The van der Waals surface area contributed by atoms with E-state index in [-0.39, 0.29) is 11.3 Å². The number of phenolic OH excluding ortho intramolecular Hbond substituents is 1. The molecular formula is C19H13ClN2O3. The lowest BCUT2D eigenvalue weighted by Gasteiger charge is -2.12. The van der Waals surface area contributed by atoms with Crippen molar-refractivity contribution in [2.24, 2.45) is 0 Å². The van der Waals surface area contributed by atoms with Gasteiger partial charge >= 0.3 is 0 Å². The number of benzene rings is 2. The SMILES string of the molecule is Cc1cc(-c2c(-c3cccc(O)c3)c3cc(Cl)ccc3[nH]c2=O)on1. The van der Waals surface area contributed by atoms with Crippen LogP contribution < -0.4 is 5.56 Å². The van der Waals surface area contributed by atoms with E-state index in [4.69, 9.17) is 16.1 Å². The van der Waals surface area contributed by atoms with E-state index in [0.29, 0.717) is 38.7 Å². The van der Waals surface area contributed by atoms with Crippen LogP contribution >= 0.6 is 11.6 Å². The Balaban J connectivity index is 2.18. The molecule has 0 spiro atoms. The minimum atomic E-state index is -0.302. The second-order valence-corrected chi connectivity index (χ2v) is 6.21. The second-order valence-electron chi connectivity index (χ2n) is 5.78. The van der Waals surface area contributed by atoms with Gasteiger partial charge in [-0.1, -0.05) is 28.9 Å². The van der Waals surface area contributed by atoms with E-state index in [1.54, 1.807) is 49.4 Å². The molecule has 4 aromatic rings. The largest absolute Gasteiger partial charge is 0.508 e. The van der Waals surface area contributed by atoms with Gasteiger partial charge in [-0.05, 0) is 42.8 Å². The van der Waals surface area contributed by atoms with Crippen molar-refractivity contribution in [3.8, 4) is 28.2 Å². The van der Waals surface area contributed by atoms with Crippen LogP contribution in [0.1, 0.15) is 5.69 Å². The van der Waals surface area contributed by atoms with Crippen LogP contribution in [0.25, 0.3) is 33.4 Å². The molecule has 2 aromatic carbocycles. The highest BCUT2D eigenvalue weighted by atomic mass is 35.5. The van der Waals surface area contributed by atoms with Gasteiger partial charge in [0.05, 0.1) is 11.3 Å². The minimum Gasteiger partial charge on any atom is -0.508 e. The van der Waals surface area contributed by atoms with E-state index in [0.717, 1.165) is 5.39 Å². The number of nitrogens with one attached hydrogen (secondary N) is 1. The molecule has 0 radical (unpaired) electrons. The van der Waals surface area contributed by atoms with Gasteiger partial charge in [0.2, 0.25) is 0 Å². The Morgan fingerprint density at radius 1 is 1.12 bits per heavy atom. The molecule has 0 aliphatic heterocycles. The van der Waals surface area contributed by atoms with E-state index in [9.17, 15) is 9.90 Å². The topological polar surface area (TPSA) is 79.1 Å². The summed E-state index contributed by atoms with van der Waals surface area (Å²) >= 11 is 6.17. The van der Waals surface area contributed by atoms with Crippen molar-refractivity contribution in [2.75, 3.05) is 0 Å². The maximum atomic E-state index is 12.8. The van der Waals surface area contributed by atoms with E-state index >= 15 is 0 Å². The lowest BCUT2D eigenvalue weighted by Crippen LogP contribution is -2.11. The summed E-state index contributed by atoms with van der Waals surface area (Å²) in [6.07, 6.45) is 0. The molecule has 0 saturated carbocycles. The molecule has 0 saturated heterocycles. The fourth-order valence-electron chi connectivity index (χ4n) is 2.94. The molecule has 0 amide bonds. The smallest absolute Gasteiger partial charge is 0.260 e. The molecule has 2 aromatic heterocycles. The molecule has 6 heteroatoms. The first kappa shape index (κ1) is 15.5. The number of pyridine rings is 1. The van der Waals surface area contributed by atoms with Crippen molar-refractivity contribution in [2.45, 2.75) is 6.92 Å². The Bertz CT molecular complexity index is 1160. The monoisotopic (exact) mass is 352 g/mol. The maximum absolute atomic E-state index is 12.8. The summed E-state index contributed by atoms with van der Waals surface area (Å²) in [4.78, 5) is 15.6. The Hall–Kier alpha value is -3.05. The number of phenols is 1. The van der Waals surface area contributed by atoms with Gasteiger partial charge in [0.15, 0.2) is 5.76 Å². The van der Waals surface area contributed by atoms with Crippen LogP contribution in [0.4, 0.5) is 0 Å². The highest BCUT2D eigenvalue weighted by Gasteiger charge is 2.20. The number of aromatic hydroxyl groups is 1. The maximum Gasteiger partial charge on any atom is 0.260 e. The van der Waals surface area contributed by atoms with Crippen LogP contribution in [-0.2, 0) is 0 Å². The number of aromatic amines is 1. The molecule has 0 aliphatic rings. The van der Waals surface area contributed by atoms with Gasteiger partial charge in [-0.25, -0.2) is 0 Å². The summed E-state index contributed by atoms with van der Waals surface area (Å²) in [5.74, 6) is 0.464. The summed E-state index contributed by atoms with van der Waals surface area (Å²) in [5, 5.41) is 15.1. The average molecular weight is 353 g/mol. The van der Waals surface area contributed by atoms with Crippen molar-refractivity contribution in [3.05, 3.63) is 69.6 Å². The van der Waals surface area contributed by atoms with Crippen LogP contribution in [0.3, 0.4) is 0 Å². The number of rotatable bonds is 2. The molecule has 2 N–H and O–H groups in total. The zero-order valence-corrected chi connectivity index (χ0v) is 14.0. The standard InChI is InChI=1S/C19H13ClN2O3/c1-10-7-16(25-22-10)18-17(11-3-2-4-13(23)8-11)14-9-12(20)5-6-15(14)21-19(18)24/h2-9,23H,1H3,(H,21,24). The number of aryl methyl sites for hydroxylation is 1. The molecule has 0 unspecified atom stereocenters. The van der Waals surface area contributed by atoms with Gasteiger partial charge < -0.3 is 14.6 Å². The number of H-pyrrole nitrogens is 1. The third kappa shape index (κ3) is 2.68. The molecule has 5 nitrogen and oxygen atoms in total. The second kappa shape index (κ2) is 5.79. The van der Waals surface area contributed by atoms with Crippen LogP contribution in [-0.4, -0.2) is 15.2 Å². The molecular weight excluding hydrogens is 340 g/mol. The number of nitrogens with zero attached hydrogens (tertiary/aromatic N) is 1. The molecule has 0 bridgehead atoms. The summed E-state index contributed by atoms with van der Waals surface area (Å²) in [5.41, 5.74) is 2.68. The molecule has 4 rings (SSSR count). The normalized spacial score (nSPS) is 11.1. The first-order valence-electron chi connectivity index (χ1n) is 7.61. The number of hydrogen-bond acceptors (Lipinski definition) is 4. The van der Waals surface area contributed by atoms with Crippen LogP contribution in [0.15, 0.2) is 57.8 Å². The van der Waals surface area contributed by atoms with Gasteiger partial charge in [-0.3, -0.25) is 4.79 Å². The van der Waals surface area contributed by atoms with Crippen molar-refractivity contribution >= 4 is 22.5 Å². The average Bonchev–Trinajstić information content (AvgIpc) is 3.00. The van der Waals surface area contributed by atoms with Gasteiger partial charge in [0.25, 0.3) is 5.56 Å². The van der Waals surface area contributed by atoms with Gasteiger partial charge in [-0.2, -0.15) is 0 Å². The van der Waals surface area contributed by atoms with Crippen molar-refractivity contribution in [1.82, 2.24) is 10.1 Å². The van der Waals surface area contributed by atoms with Crippen molar-refractivity contribution in [3.63, 3.8) is 0 Å². The number of hydrogen-bond donors (Lipinski definition) is 2. The molecule has 0 aliphatic carbocycles. The molecule has 0 fully saturated rings. The number of aromatic nitrogens is 2. The zero-order chi connectivity index (χ0) is 17.6. The van der Waals surface area contributed by atoms with Crippen LogP contribution in [0.5, 0.6) is 5.75 Å². The first-order chi connectivity index (χ1) is 12.0. The predicted molar refractivity (Wildman–Crippen MR) is 96.9 cm³/mol. The third-order valence-electron chi connectivity index (χ3n) is 3.99. The zero-order valence-electron chi connectivity index (χ0n) is 13.2. The highest BCUT2D eigenvalue weighted by Crippen LogP contribution is 2.37. The summed E-state index contributed by atoms with van der Waals surface area (Å²) < 4.78 is 5.34. The summed E-state index contributed by atoms with van der Waals surface area (Å²) in [6.45, 7) is 1.78. The van der Waals surface area contributed by atoms with E-state index in [2.05, 4.69) is 10.1 Å². The lowest BCUT2D eigenvalue weighted by atomic mass is 9.94. The van der Waals surface area contributed by atoms with Gasteiger partial charge in [-0.15, -0.1) is 0 Å². The quantitative estimate of drug-likeness (QED) is 0.556. The molecule has 124 valence electrons. The summed E-state index contributed by atoms with van der Waals surface area (Å²) in [7, 11) is 0. The third-order valence-corrected chi connectivity index (χ3v) is 4.22. The van der Waals surface area contributed by atoms with Gasteiger partial charge in [0, 0.05) is 27.6 Å². The minimum absolute atomic E-state index is 0.104. The Morgan fingerprint density at radius 3 is 2.68 bits per heavy atom. The Morgan fingerprint density at radius 2 is 1.96 bits per heavy atom. The Labute approximate surface area is 147 Å². The number of halogens is 1. The van der Waals surface area contributed by atoms with Crippen molar-refractivity contribution in [1.29, 1.82) is 0 Å². The molecule has 0 atom stereocenters. The summed E-state index contributed by atoms with van der Waals surface area (Å²) in [6, 6.07) is 13.7. The van der Waals surface area contributed by atoms with E-state index in [1.165, 1.54) is 0 Å². The number of fused-ring (bicyclic) bond motifs is 1. The molecule has 25 heavy (non-hydrogen) atoms. The predicted octanol–water partition coefficient (Wildman–Crippen LogP) is 4.52. The first-order valence-corrected chi connectivity index (χ1v) is 7.99. The lowest BCUT2D eigenvalue weighted by molar-refractivity contribution is 0.427. The fraction of sp³-hybridized carbons (Fsp3) is 0.0526. The fourth-order valence-corrected chi connectivity index (χ4v) is 3.12. The van der Waals surface area contributed by atoms with Crippen molar-refractivity contribution < 1.29 is 9.63 Å². The molecule has 2 heterocycles. The van der Waals surface area contributed by atoms with Crippen LogP contribution in [0.2, 0.25) is 5.02 Å².